The molecule has 1 fully saturated rings. The van der Waals surface area contributed by atoms with Gasteiger partial charge in [0, 0.05) is 26.0 Å². The molecular formula is C15H16N4O2S. The predicted octanol–water partition coefficient (Wildman–Crippen LogP) is 1.82. The minimum atomic E-state index is -3.63. The number of imidazole rings is 1. The Morgan fingerprint density at radius 3 is 2.91 bits per heavy atom. The molecule has 1 unspecified atom stereocenters. The highest BCUT2D eigenvalue weighted by Crippen LogP contribution is 2.35. The Morgan fingerprint density at radius 1 is 1.41 bits per heavy atom. The van der Waals surface area contributed by atoms with E-state index in [1.807, 2.05) is 23.9 Å². The number of sulfonamides is 1. The maximum atomic E-state index is 12.9. The second kappa shape index (κ2) is 5.55. The van der Waals surface area contributed by atoms with Crippen molar-refractivity contribution < 1.29 is 8.42 Å². The molecule has 0 amide bonds. The number of rotatable bonds is 3. The summed E-state index contributed by atoms with van der Waals surface area (Å²) in [5, 5.41) is 8.96. The first kappa shape index (κ1) is 14.8. The van der Waals surface area contributed by atoms with Gasteiger partial charge in [-0.1, -0.05) is 6.07 Å². The van der Waals surface area contributed by atoms with Gasteiger partial charge in [-0.25, -0.2) is 13.4 Å². The molecular weight excluding hydrogens is 300 g/mol. The third-order valence-corrected chi connectivity index (χ3v) is 5.83. The van der Waals surface area contributed by atoms with Crippen LogP contribution < -0.4 is 0 Å². The molecule has 1 aliphatic rings. The van der Waals surface area contributed by atoms with Gasteiger partial charge in [0.1, 0.15) is 5.82 Å². The van der Waals surface area contributed by atoms with Gasteiger partial charge in [0.2, 0.25) is 10.0 Å². The van der Waals surface area contributed by atoms with Crippen LogP contribution in [0.15, 0.2) is 41.6 Å². The fourth-order valence-corrected chi connectivity index (χ4v) is 4.55. The smallest absolute Gasteiger partial charge is 0.243 e. The van der Waals surface area contributed by atoms with Crippen molar-refractivity contribution in [3.63, 3.8) is 0 Å². The first-order chi connectivity index (χ1) is 10.5. The molecule has 114 valence electrons. The van der Waals surface area contributed by atoms with E-state index in [-0.39, 0.29) is 10.9 Å². The number of hydrogen-bond acceptors (Lipinski definition) is 4. The van der Waals surface area contributed by atoms with E-state index in [9.17, 15) is 8.42 Å². The topological polar surface area (TPSA) is 79.0 Å². The van der Waals surface area contributed by atoms with Crippen LogP contribution in [0.1, 0.15) is 30.3 Å². The van der Waals surface area contributed by atoms with E-state index in [4.69, 9.17) is 5.26 Å². The molecule has 1 aromatic heterocycles. The molecule has 0 saturated carbocycles. The second-order valence-corrected chi connectivity index (χ2v) is 7.20. The van der Waals surface area contributed by atoms with Gasteiger partial charge in [-0.15, -0.1) is 0 Å². The number of aryl methyl sites for hydroxylation is 1. The summed E-state index contributed by atoms with van der Waals surface area (Å²) in [7, 11) is -1.77. The zero-order valence-electron chi connectivity index (χ0n) is 12.2. The quantitative estimate of drug-likeness (QED) is 0.865. The number of benzene rings is 1. The zero-order chi connectivity index (χ0) is 15.7. The molecule has 6 nitrogen and oxygen atoms in total. The summed E-state index contributed by atoms with van der Waals surface area (Å²) in [6, 6.07) is 7.87. The van der Waals surface area contributed by atoms with Crippen molar-refractivity contribution in [1.29, 1.82) is 5.26 Å². The summed E-state index contributed by atoms with van der Waals surface area (Å²) in [5.41, 5.74) is 0.341. The van der Waals surface area contributed by atoms with Gasteiger partial charge in [-0.3, -0.25) is 0 Å². The average molecular weight is 316 g/mol. The summed E-state index contributed by atoms with van der Waals surface area (Å²) in [4.78, 5) is 4.45. The lowest BCUT2D eigenvalue weighted by molar-refractivity contribution is 0.377. The van der Waals surface area contributed by atoms with E-state index >= 15 is 0 Å². The summed E-state index contributed by atoms with van der Waals surface area (Å²) >= 11 is 0. The summed E-state index contributed by atoms with van der Waals surface area (Å²) < 4.78 is 29.1. The normalized spacial score (nSPS) is 19.2. The van der Waals surface area contributed by atoms with Gasteiger partial charge in [0.25, 0.3) is 0 Å². The van der Waals surface area contributed by atoms with Gasteiger partial charge in [0.05, 0.1) is 22.6 Å². The van der Waals surface area contributed by atoms with Crippen LogP contribution in [0.3, 0.4) is 0 Å². The lowest BCUT2D eigenvalue weighted by Crippen LogP contribution is -2.32. The minimum absolute atomic E-state index is 0.160. The molecule has 22 heavy (non-hydrogen) atoms. The number of nitriles is 1. The number of aromatic nitrogens is 2. The number of hydrogen-bond donors (Lipinski definition) is 0. The van der Waals surface area contributed by atoms with Crippen molar-refractivity contribution in [3.8, 4) is 6.07 Å². The third-order valence-electron chi connectivity index (χ3n) is 3.93. The molecule has 0 bridgehead atoms. The van der Waals surface area contributed by atoms with Crippen LogP contribution in [0.25, 0.3) is 0 Å². The maximum Gasteiger partial charge on any atom is 0.243 e. The lowest BCUT2D eigenvalue weighted by atomic mass is 10.2. The third kappa shape index (κ3) is 2.40. The van der Waals surface area contributed by atoms with Crippen LogP contribution in [0.2, 0.25) is 0 Å². The minimum Gasteiger partial charge on any atom is -0.337 e. The summed E-state index contributed by atoms with van der Waals surface area (Å²) in [6.45, 7) is 0.469. The van der Waals surface area contributed by atoms with Crippen molar-refractivity contribution in [3.05, 3.63) is 48.0 Å². The Labute approximate surface area is 129 Å². The van der Waals surface area contributed by atoms with E-state index in [2.05, 4.69) is 4.98 Å². The van der Waals surface area contributed by atoms with Crippen molar-refractivity contribution in [1.82, 2.24) is 13.9 Å². The first-order valence-electron chi connectivity index (χ1n) is 7.03. The van der Waals surface area contributed by atoms with Crippen LogP contribution in [-0.2, 0) is 17.1 Å². The zero-order valence-corrected chi connectivity index (χ0v) is 13.0. The molecule has 1 aliphatic heterocycles. The molecule has 0 N–H and O–H groups in total. The van der Waals surface area contributed by atoms with E-state index in [0.717, 1.165) is 18.7 Å². The van der Waals surface area contributed by atoms with Gasteiger partial charge < -0.3 is 4.57 Å². The summed E-state index contributed by atoms with van der Waals surface area (Å²) in [6.07, 6.45) is 5.04. The molecule has 0 radical (unpaired) electrons. The SMILES string of the molecule is Cn1ccnc1C1CCCN1S(=O)(=O)c1cccc(C#N)c1. The molecule has 1 aromatic carbocycles. The van der Waals surface area contributed by atoms with Crippen molar-refractivity contribution >= 4 is 10.0 Å². The van der Waals surface area contributed by atoms with Crippen LogP contribution in [0.4, 0.5) is 0 Å². The van der Waals surface area contributed by atoms with Crippen LogP contribution in [0, 0.1) is 11.3 Å². The van der Waals surface area contributed by atoms with E-state index in [1.54, 1.807) is 18.3 Å². The predicted molar refractivity (Wildman–Crippen MR) is 80.2 cm³/mol. The van der Waals surface area contributed by atoms with E-state index < -0.39 is 10.0 Å². The fraction of sp³-hybridized carbons (Fsp3) is 0.333. The first-order valence-corrected chi connectivity index (χ1v) is 8.47. The second-order valence-electron chi connectivity index (χ2n) is 5.31. The Bertz CT molecular complexity index is 835. The monoisotopic (exact) mass is 316 g/mol. The fourth-order valence-electron chi connectivity index (χ4n) is 2.85. The maximum absolute atomic E-state index is 12.9. The molecule has 2 heterocycles. The Morgan fingerprint density at radius 2 is 2.23 bits per heavy atom. The highest BCUT2D eigenvalue weighted by atomic mass is 32.2. The van der Waals surface area contributed by atoms with Crippen LogP contribution in [0.5, 0.6) is 0 Å². The Hall–Kier alpha value is -2.17. The highest BCUT2D eigenvalue weighted by molar-refractivity contribution is 7.89. The van der Waals surface area contributed by atoms with E-state index in [1.165, 1.54) is 16.4 Å². The van der Waals surface area contributed by atoms with Gasteiger partial charge >= 0.3 is 0 Å². The standard InChI is InChI=1S/C15H16N4O2S/c1-18-9-7-17-15(18)14-6-3-8-19(14)22(20,21)13-5-2-4-12(10-13)11-16/h2,4-5,7,9-10,14H,3,6,8H2,1H3. The van der Waals surface area contributed by atoms with Crippen molar-refractivity contribution in [2.45, 2.75) is 23.8 Å². The molecule has 3 rings (SSSR count). The molecule has 0 aliphatic carbocycles. The van der Waals surface area contributed by atoms with Crippen molar-refractivity contribution in [2.24, 2.45) is 7.05 Å². The van der Waals surface area contributed by atoms with Crippen LogP contribution >= 0.6 is 0 Å². The van der Waals surface area contributed by atoms with Crippen LogP contribution in [-0.4, -0.2) is 28.8 Å². The van der Waals surface area contributed by atoms with Crippen molar-refractivity contribution in [2.75, 3.05) is 6.54 Å². The Kier molecular flexibility index (Phi) is 3.72. The van der Waals surface area contributed by atoms with Gasteiger partial charge in [0.15, 0.2) is 0 Å². The largest absolute Gasteiger partial charge is 0.337 e. The lowest BCUT2D eigenvalue weighted by Gasteiger charge is -2.23. The van der Waals surface area contributed by atoms with Gasteiger partial charge in [-0.05, 0) is 31.0 Å². The molecule has 1 atom stereocenters. The molecule has 1 saturated heterocycles. The van der Waals surface area contributed by atoms with E-state index in [0.29, 0.717) is 12.1 Å². The Balaban J connectivity index is 2.01. The molecule has 0 spiro atoms. The average Bonchev–Trinajstić information content (AvgIpc) is 3.15. The summed E-state index contributed by atoms with van der Waals surface area (Å²) in [5.74, 6) is 0.748. The highest BCUT2D eigenvalue weighted by Gasteiger charge is 2.38. The number of nitrogens with zero attached hydrogens (tertiary/aromatic N) is 4. The molecule has 7 heteroatoms. The van der Waals surface area contributed by atoms with Gasteiger partial charge in [-0.2, -0.15) is 9.57 Å². The molecule has 2 aromatic rings.